The van der Waals surface area contributed by atoms with E-state index in [0.717, 1.165) is 0 Å². The molecule has 1 aliphatic heterocycles. The largest absolute Gasteiger partial charge is 1.00 e. The quantitative estimate of drug-likeness (QED) is 0.321. The number of quaternary nitrogens is 1. The predicted molar refractivity (Wildman–Crippen MR) is 29.8 cm³/mol. The fourth-order valence-electron chi connectivity index (χ4n) is 0.455. The summed E-state index contributed by atoms with van der Waals surface area (Å²) in [5.41, 5.74) is 0. The lowest BCUT2D eigenvalue weighted by Gasteiger charge is -1.83. The minimum absolute atomic E-state index is 0. The molecule has 0 fully saturated rings. The molecule has 10 heavy (non-hydrogen) atoms. The molecule has 0 aromatic rings. The average molecular weight is 209 g/mol. The third-order valence-electron chi connectivity index (χ3n) is 0.807. The highest BCUT2D eigenvalue weighted by atomic mass is 79.9. The van der Waals surface area contributed by atoms with E-state index in [1.54, 1.807) is 7.05 Å². The summed E-state index contributed by atoms with van der Waals surface area (Å²) in [4.78, 5) is 12.7. The van der Waals surface area contributed by atoms with Crippen molar-refractivity contribution >= 4 is 12.3 Å². The van der Waals surface area contributed by atoms with Gasteiger partial charge in [-0.15, -0.1) is 0 Å². The van der Waals surface area contributed by atoms with Crippen molar-refractivity contribution in [3.8, 4) is 0 Å². The number of nitro groups is 1. The van der Waals surface area contributed by atoms with Crippen molar-refractivity contribution in [2.75, 3.05) is 7.05 Å². The lowest BCUT2D eigenvalue weighted by Crippen LogP contribution is -3.02. The molecule has 0 bridgehead atoms. The van der Waals surface area contributed by atoms with Crippen molar-refractivity contribution < 1.29 is 26.9 Å². The summed E-state index contributed by atoms with van der Waals surface area (Å²) in [6, 6.07) is 0. The van der Waals surface area contributed by atoms with Gasteiger partial charge in [0, 0.05) is 0 Å². The smallest absolute Gasteiger partial charge is 0.526 e. The molecular formula is C3H5BrN4O2. The third-order valence-corrected chi connectivity index (χ3v) is 0.807. The van der Waals surface area contributed by atoms with E-state index in [1.165, 1.54) is 6.34 Å². The van der Waals surface area contributed by atoms with Gasteiger partial charge in [0.25, 0.3) is 0 Å². The second-order valence-corrected chi connectivity index (χ2v) is 1.57. The molecule has 1 heterocycles. The van der Waals surface area contributed by atoms with Gasteiger partial charge in [0.15, 0.2) is 0 Å². The van der Waals surface area contributed by atoms with E-state index >= 15 is 0 Å². The number of halogens is 1. The van der Waals surface area contributed by atoms with Crippen LogP contribution < -0.4 is 22.0 Å². The Morgan fingerprint density at radius 3 is 2.60 bits per heavy atom. The van der Waals surface area contributed by atoms with Gasteiger partial charge in [-0.05, 0) is 9.92 Å². The zero-order valence-electron chi connectivity index (χ0n) is 5.11. The SMILES string of the molecule is C[NH+]1C=NC([N+](=O)[O-])=N1.[Br-]. The Labute approximate surface area is 67.1 Å². The first-order valence-electron chi connectivity index (χ1n) is 2.31. The Kier molecular flexibility index (Phi) is 3.10. The number of nitrogens with one attached hydrogen (secondary N) is 1. The van der Waals surface area contributed by atoms with E-state index in [-0.39, 0.29) is 22.9 Å². The van der Waals surface area contributed by atoms with Crippen LogP contribution in [-0.4, -0.2) is 24.3 Å². The number of aliphatic imine (C=N–C) groups is 1. The van der Waals surface area contributed by atoms with E-state index in [1.807, 2.05) is 0 Å². The molecule has 1 rings (SSSR count). The van der Waals surface area contributed by atoms with Gasteiger partial charge in [-0.2, -0.15) is 0 Å². The molecule has 1 aliphatic rings. The van der Waals surface area contributed by atoms with Gasteiger partial charge in [-0.3, -0.25) is 0 Å². The van der Waals surface area contributed by atoms with Crippen molar-refractivity contribution in [3.63, 3.8) is 0 Å². The summed E-state index contributed by atoms with van der Waals surface area (Å²) >= 11 is 0. The minimum Gasteiger partial charge on any atom is -1.00 e. The molecule has 0 aliphatic carbocycles. The van der Waals surface area contributed by atoms with Gasteiger partial charge in [0.1, 0.15) is 12.1 Å². The van der Waals surface area contributed by atoms with Crippen molar-refractivity contribution in [2.45, 2.75) is 0 Å². The molecule has 0 amide bonds. The van der Waals surface area contributed by atoms with Crippen molar-refractivity contribution in [3.05, 3.63) is 10.1 Å². The Morgan fingerprint density at radius 1 is 1.80 bits per heavy atom. The van der Waals surface area contributed by atoms with E-state index in [4.69, 9.17) is 0 Å². The summed E-state index contributed by atoms with van der Waals surface area (Å²) in [6.07, 6.45) is 1.36. The summed E-state index contributed by atoms with van der Waals surface area (Å²) in [5, 5.41) is 14.0. The molecule has 0 aromatic carbocycles. The summed E-state index contributed by atoms with van der Waals surface area (Å²) in [5.74, 6) is -0.326. The highest BCUT2D eigenvalue weighted by molar-refractivity contribution is 5.80. The Bertz CT molecular complexity index is 201. The first-order valence-corrected chi connectivity index (χ1v) is 2.31. The molecule has 0 saturated carbocycles. The molecule has 1 N–H and O–H groups in total. The molecule has 0 spiro atoms. The highest BCUT2D eigenvalue weighted by Gasteiger charge is 2.23. The molecular weight excluding hydrogens is 204 g/mol. The van der Waals surface area contributed by atoms with Crippen molar-refractivity contribution in [2.24, 2.45) is 10.1 Å². The zero-order valence-corrected chi connectivity index (χ0v) is 6.70. The van der Waals surface area contributed by atoms with Gasteiger partial charge in [0.05, 0.1) is 0 Å². The van der Waals surface area contributed by atoms with Crippen molar-refractivity contribution in [1.29, 1.82) is 0 Å². The van der Waals surface area contributed by atoms with E-state index in [9.17, 15) is 10.1 Å². The molecule has 0 aromatic heterocycles. The highest BCUT2D eigenvalue weighted by Crippen LogP contribution is 1.79. The first kappa shape index (κ1) is 9.18. The number of hydrogen-bond donors (Lipinski definition) is 1. The van der Waals surface area contributed by atoms with Crippen LogP contribution in [0.25, 0.3) is 0 Å². The standard InChI is InChI=1S/C3H4N4O2.BrH/c1-6-2-4-3(5-6)7(8)9;/h2H,1H3;1H. The average Bonchev–Trinajstić information content (AvgIpc) is 2.14. The van der Waals surface area contributed by atoms with Crippen LogP contribution in [0.1, 0.15) is 0 Å². The second kappa shape index (κ2) is 3.37. The molecule has 1 atom stereocenters. The topological polar surface area (TPSA) is 72.3 Å². The molecule has 0 saturated heterocycles. The van der Waals surface area contributed by atoms with Gasteiger partial charge in [-0.25, -0.2) is 0 Å². The van der Waals surface area contributed by atoms with Crippen molar-refractivity contribution in [1.82, 2.24) is 0 Å². The third kappa shape index (κ3) is 1.85. The van der Waals surface area contributed by atoms with Crippen LogP contribution in [0, 0.1) is 10.1 Å². The maximum absolute atomic E-state index is 9.89. The van der Waals surface area contributed by atoms with Gasteiger partial charge >= 0.3 is 12.3 Å². The minimum atomic E-state index is -0.618. The lowest BCUT2D eigenvalue weighted by molar-refractivity contribution is -0.780. The lowest BCUT2D eigenvalue weighted by atomic mass is 11.0. The van der Waals surface area contributed by atoms with Crippen LogP contribution in [0.5, 0.6) is 0 Å². The number of hydrogen-bond acceptors (Lipinski definition) is 4. The van der Waals surface area contributed by atoms with Gasteiger partial charge < -0.3 is 27.1 Å². The van der Waals surface area contributed by atoms with Crippen LogP contribution in [-0.2, 0) is 0 Å². The maximum Gasteiger partial charge on any atom is 0.526 e. The van der Waals surface area contributed by atoms with Gasteiger partial charge in [0.2, 0.25) is 0 Å². The normalized spacial score (nSPS) is 21.7. The molecule has 6 nitrogen and oxygen atoms in total. The molecule has 7 heteroatoms. The van der Waals surface area contributed by atoms with Crippen LogP contribution in [0.3, 0.4) is 0 Å². The molecule has 56 valence electrons. The Balaban J connectivity index is 0.000000810. The van der Waals surface area contributed by atoms with Crippen LogP contribution in [0.4, 0.5) is 0 Å². The number of rotatable bonds is 0. The zero-order chi connectivity index (χ0) is 6.85. The fraction of sp³-hybridized carbons (Fsp3) is 0.333. The van der Waals surface area contributed by atoms with Crippen LogP contribution in [0.15, 0.2) is 10.1 Å². The summed E-state index contributed by atoms with van der Waals surface area (Å²) in [6.45, 7) is 0. The predicted octanol–water partition coefficient (Wildman–Crippen LogP) is -4.91. The molecule has 0 radical (unpaired) electrons. The molecule has 1 unspecified atom stereocenters. The van der Waals surface area contributed by atoms with E-state index in [0.29, 0.717) is 5.01 Å². The summed E-state index contributed by atoms with van der Waals surface area (Å²) < 4.78 is 0. The summed E-state index contributed by atoms with van der Waals surface area (Å²) in [7, 11) is 1.65. The van der Waals surface area contributed by atoms with Crippen LogP contribution >= 0.6 is 0 Å². The Morgan fingerprint density at radius 2 is 2.40 bits per heavy atom. The number of guanidine groups is 1. The Hall–Kier alpha value is -0.820. The first-order chi connectivity index (χ1) is 4.20. The fourth-order valence-corrected chi connectivity index (χ4v) is 0.455. The van der Waals surface area contributed by atoms with E-state index < -0.39 is 4.92 Å². The van der Waals surface area contributed by atoms with Gasteiger partial charge in [-0.1, -0.05) is 5.01 Å². The monoisotopic (exact) mass is 208 g/mol. The van der Waals surface area contributed by atoms with Crippen LogP contribution in [0.2, 0.25) is 0 Å². The number of nitrogens with zero attached hydrogens (tertiary/aromatic N) is 3. The van der Waals surface area contributed by atoms with E-state index in [2.05, 4.69) is 10.1 Å². The maximum atomic E-state index is 9.89. The second-order valence-electron chi connectivity index (χ2n) is 1.57.